The van der Waals surface area contributed by atoms with Gasteiger partial charge in [-0.25, -0.2) is 14.8 Å². The first-order valence-corrected chi connectivity index (χ1v) is 10.6. The van der Waals surface area contributed by atoms with E-state index in [1.807, 2.05) is 36.1 Å². The van der Waals surface area contributed by atoms with Crippen LogP contribution in [0.3, 0.4) is 0 Å². The average Bonchev–Trinajstić information content (AvgIpc) is 2.77. The Bertz CT molecular complexity index is 1070. The number of amides is 2. The van der Waals surface area contributed by atoms with Gasteiger partial charge < -0.3 is 19.9 Å². The molecule has 1 N–H and O–H groups in total. The number of hydrogen-bond donors (Lipinski definition) is 1. The molecule has 1 aliphatic rings. The first-order valence-electron chi connectivity index (χ1n) is 10.6. The summed E-state index contributed by atoms with van der Waals surface area (Å²) in [4.78, 5) is 26.3. The summed E-state index contributed by atoms with van der Waals surface area (Å²) in [5.41, 5.74) is 5.92. The van der Waals surface area contributed by atoms with Gasteiger partial charge in [-0.3, -0.25) is 0 Å². The molecule has 1 aromatic heterocycles. The fourth-order valence-electron chi connectivity index (χ4n) is 4.08. The maximum absolute atomic E-state index is 12.9. The van der Waals surface area contributed by atoms with E-state index >= 15 is 0 Å². The predicted molar refractivity (Wildman–Crippen MR) is 123 cm³/mol. The van der Waals surface area contributed by atoms with E-state index in [-0.39, 0.29) is 12.1 Å². The molecule has 0 bridgehead atoms. The first kappa shape index (κ1) is 20.9. The van der Waals surface area contributed by atoms with Gasteiger partial charge in [0, 0.05) is 31.9 Å². The van der Waals surface area contributed by atoms with Crippen molar-refractivity contribution in [2.75, 3.05) is 38.2 Å². The molecule has 7 heteroatoms. The summed E-state index contributed by atoms with van der Waals surface area (Å²) in [6.45, 7) is 9.10. The molecule has 1 saturated heterocycles. The SMILES string of the molecule is COc1nc2ccccc2nc1C(C)NC(=O)N1CCN(c2cc(C)cc(C)c2)CC1. The van der Waals surface area contributed by atoms with E-state index in [9.17, 15) is 4.79 Å². The zero-order valence-electron chi connectivity index (χ0n) is 18.6. The number of urea groups is 1. The van der Waals surface area contributed by atoms with Crippen LogP contribution < -0.4 is 15.0 Å². The third-order valence-corrected chi connectivity index (χ3v) is 5.65. The normalized spacial score (nSPS) is 15.1. The second kappa shape index (κ2) is 8.79. The minimum Gasteiger partial charge on any atom is -0.480 e. The first-order chi connectivity index (χ1) is 14.9. The van der Waals surface area contributed by atoms with E-state index in [4.69, 9.17) is 4.74 Å². The molecular weight excluding hydrogens is 390 g/mol. The predicted octanol–water partition coefficient (Wildman–Crippen LogP) is 3.85. The summed E-state index contributed by atoms with van der Waals surface area (Å²) >= 11 is 0. The molecule has 1 fully saturated rings. The Morgan fingerprint density at radius 1 is 1.00 bits per heavy atom. The Labute approximate surface area is 183 Å². The van der Waals surface area contributed by atoms with E-state index in [1.54, 1.807) is 7.11 Å². The lowest BCUT2D eigenvalue weighted by Crippen LogP contribution is -2.52. The molecule has 2 heterocycles. The van der Waals surface area contributed by atoms with Crippen molar-refractivity contribution in [1.29, 1.82) is 0 Å². The van der Waals surface area contributed by atoms with Crippen LogP contribution in [0.15, 0.2) is 42.5 Å². The van der Waals surface area contributed by atoms with Crippen LogP contribution in [0.2, 0.25) is 0 Å². The van der Waals surface area contributed by atoms with Crippen LogP contribution in [-0.2, 0) is 0 Å². The van der Waals surface area contributed by atoms with Crippen LogP contribution in [0.25, 0.3) is 11.0 Å². The largest absolute Gasteiger partial charge is 0.480 e. The highest BCUT2D eigenvalue weighted by Gasteiger charge is 2.25. The van der Waals surface area contributed by atoms with Gasteiger partial charge in [0.05, 0.1) is 24.2 Å². The van der Waals surface area contributed by atoms with Crippen LogP contribution in [-0.4, -0.2) is 54.2 Å². The number of anilines is 1. The van der Waals surface area contributed by atoms with Crippen LogP contribution in [0.4, 0.5) is 10.5 Å². The number of hydrogen-bond acceptors (Lipinski definition) is 5. The monoisotopic (exact) mass is 419 g/mol. The molecule has 1 unspecified atom stereocenters. The number of benzene rings is 2. The Morgan fingerprint density at radius 3 is 2.23 bits per heavy atom. The number of nitrogens with zero attached hydrogens (tertiary/aromatic N) is 4. The summed E-state index contributed by atoms with van der Waals surface area (Å²) in [6.07, 6.45) is 0. The highest BCUT2D eigenvalue weighted by atomic mass is 16.5. The van der Waals surface area contributed by atoms with Crippen molar-refractivity contribution in [1.82, 2.24) is 20.2 Å². The summed E-state index contributed by atoms with van der Waals surface area (Å²) in [7, 11) is 1.57. The number of carbonyl (C=O) groups is 1. The molecule has 162 valence electrons. The average molecular weight is 420 g/mol. The Kier molecular flexibility index (Phi) is 5.93. The summed E-state index contributed by atoms with van der Waals surface area (Å²) < 4.78 is 5.44. The number of ether oxygens (including phenoxy) is 1. The Hall–Kier alpha value is -3.35. The standard InChI is InChI=1S/C24H29N5O2/c1-16-13-17(2)15-19(14-16)28-9-11-29(12-10-28)24(30)25-18(3)22-23(31-4)27-21-8-6-5-7-20(21)26-22/h5-8,13-15,18H,9-12H2,1-4H3,(H,25,30). The molecule has 0 radical (unpaired) electrons. The number of aryl methyl sites for hydroxylation is 2. The fourth-order valence-corrected chi connectivity index (χ4v) is 4.08. The second-order valence-electron chi connectivity index (χ2n) is 8.10. The van der Waals surface area contributed by atoms with Crippen LogP contribution in [0, 0.1) is 13.8 Å². The van der Waals surface area contributed by atoms with Gasteiger partial charge in [-0.15, -0.1) is 0 Å². The molecule has 1 atom stereocenters. The summed E-state index contributed by atoms with van der Waals surface area (Å²) in [6, 6.07) is 13.8. The number of carbonyl (C=O) groups excluding carboxylic acids is 1. The second-order valence-corrected chi connectivity index (χ2v) is 8.10. The van der Waals surface area contributed by atoms with Crippen molar-refractivity contribution in [2.45, 2.75) is 26.8 Å². The lowest BCUT2D eigenvalue weighted by Gasteiger charge is -2.36. The van der Waals surface area contributed by atoms with E-state index < -0.39 is 0 Å². The van der Waals surface area contributed by atoms with Gasteiger partial charge in [-0.2, -0.15) is 0 Å². The molecule has 0 saturated carbocycles. The number of nitrogens with one attached hydrogen (secondary N) is 1. The van der Waals surface area contributed by atoms with E-state index in [0.29, 0.717) is 24.7 Å². The number of aromatic nitrogens is 2. The molecule has 7 nitrogen and oxygen atoms in total. The van der Waals surface area contributed by atoms with E-state index in [1.165, 1.54) is 16.8 Å². The number of para-hydroxylation sites is 2. The van der Waals surface area contributed by atoms with Crippen molar-refractivity contribution >= 4 is 22.8 Å². The van der Waals surface area contributed by atoms with Crippen molar-refractivity contribution in [3.05, 3.63) is 59.3 Å². The topological polar surface area (TPSA) is 70.6 Å². The van der Waals surface area contributed by atoms with Crippen LogP contribution in [0.5, 0.6) is 5.88 Å². The Morgan fingerprint density at radius 2 is 1.61 bits per heavy atom. The minimum atomic E-state index is -0.322. The quantitative estimate of drug-likeness (QED) is 0.696. The summed E-state index contributed by atoms with van der Waals surface area (Å²) in [5.74, 6) is 0.436. The third-order valence-electron chi connectivity index (χ3n) is 5.65. The molecule has 31 heavy (non-hydrogen) atoms. The number of fused-ring (bicyclic) bond motifs is 1. The van der Waals surface area contributed by atoms with Crippen LogP contribution in [0.1, 0.15) is 29.8 Å². The minimum absolute atomic E-state index is 0.0930. The molecule has 1 aliphatic heterocycles. The van der Waals surface area contributed by atoms with E-state index in [0.717, 1.165) is 24.1 Å². The van der Waals surface area contributed by atoms with Gasteiger partial charge in [0.15, 0.2) is 0 Å². The maximum atomic E-state index is 12.9. The van der Waals surface area contributed by atoms with Gasteiger partial charge in [-0.05, 0) is 56.2 Å². The van der Waals surface area contributed by atoms with Gasteiger partial charge in [-0.1, -0.05) is 18.2 Å². The van der Waals surface area contributed by atoms with E-state index in [2.05, 4.69) is 52.2 Å². The number of methoxy groups -OCH3 is 1. The molecule has 2 amide bonds. The van der Waals surface area contributed by atoms with Crippen molar-refractivity contribution < 1.29 is 9.53 Å². The molecule has 0 spiro atoms. The third kappa shape index (κ3) is 4.55. The zero-order valence-corrected chi connectivity index (χ0v) is 18.6. The lowest BCUT2D eigenvalue weighted by molar-refractivity contribution is 0.190. The van der Waals surface area contributed by atoms with Gasteiger partial charge >= 0.3 is 6.03 Å². The zero-order chi connectivity index (χ0) is 22.0. The molecule has 4 rings (SSSR count). The highest BCUT2D eigenvalue weighted by Crippen LogP contribution is 2.25. The molecule has 2 aromatic carbocycles. The van der Waals surface area contributed by atoms with Crippen molar-refractivity contribution in [3.8, 4) is 5.88 Å². The summed E-state index contributed by atoms with van der Waals surface area (Å²) in [5, 5.41) is 3.06. The highest BCUT2D eigenvalue weighted by molar-refractivity contribution is 5.77. The number of rotatable bonds is 4. The van der Waals surface area contributed by atoms with Crippen molar-refractivity contribution in [3.63, 3.8) is 0 Å². The van der Waals surface area contributed by atoms with Gasteiger partial charge in [0.2, 0.25) is 5.88 Å². The molecule has 3 aromatic rings. The van der Waals surface area contributed by atoms with Gasteiger partial charge in [0.1, 0.15) is 5.69 Å². The number of piperazine rings is 1. The van der Waals surface area contributed by atoms with Gasteiger partial charge in [0.25, 0.3) is 0 Å². The molecule has 0 aliphatic carbocycles. The van der Waals surface area contributed by atoms with Crippen LogP contribution >= 0.6 is 0 Å². The lowest BCUT2D eigenvalue weighted by atomic mass is 10.1. The smallest absolute Gasteiger partial charge is 0.318 e. The maximum Gasteiger partial charge on any atom is 0.318 e. The molecular formula is C24H29N5O2. The fraction of sp³-hybridized carbons (Fsp3) is 0.375. The van der Waals surface area contributed by atoms with Crippen molar-refractivity contribution in [2.24, 2.45) is 0 Å². The Balaban J connectivity index is 1.41.